The molecular weight excluding hydrogens is 491 g/mol. The van der Waals surface area contributed by atoms with Gasteiger partial charge < -0.3 is 23.7 Å². The largest absolute Gasteiger partial charge is 0.508 e. The molecule has 0 saturated carbocycles. The molecule has 1 aliphatic heterocycles. The Morgan fingerprint density at radius 3 is 2.32 bits per heavy atom. The van der Waals surface area contributed by atoms with E-state index in [-0.39, 0.29) is 43.7 Å². The SMILES string of the molecule is C=C(C)C(=O)OCc1cc(-c2ccc(OCCCCCCCC)c(F)c2)ccc1OCC1COC(=O)OC1. The van der Waals surface area contributed by atoms with E-state index >= 15 is 0 Å². The van der Waals surface area contributed by atoms with Gasteiger partial charge in [-0.25, -0.2) is 14.0 Å². The number of cyclic esters (lactones) is 2. The van der Waals surface area contributed by atoms with Gasteiger partial charge in [-0.15, -0.1) is 0 Å². The van der Waals surface area contributed by atoms with Gasteiger partial charge in [0.2, 0.25) is 0 Å². The molecule has 38 heavy (non-hydrogen) atoms. The fourth-order valence-corrected chi connectivity index (χ4v) is 3.91. The third-order valence-corrected chi connectivity index (χ3v) is 6.14. The first-order valence-electron chi connectivity index (χ1n) is 13.2. The van der Waals surface area contributed by atoms with E-state index in [9.17, 15) is 14.0 Å². The van der Waals surface area contributed by atoms with Crippen LogP contribution >= 0.6 is 0 Å². The van der Waals surface area contributed by atoms with Gasteiger partial charge in [-0.1, -0.05) is 57.7 Å². The van der Waals surface area contributed by atoms with Crippen molar-refractivity contribution in [3.8, 4) is 22.6 Å². The maximum atomic E-state index is 14.8. The summed E-state index contributed by atoms with van der Waals surface area (Å²) in [6.07, 6.45) is 6.13. The summed E-state index contributed by atoms with van der Waals surface area (Å²) in [6.45, 7) is 8.43. The van der Waals surface area contributed by atoms with Gasteiger partial charge in [0.1, 0.15) is 25.6 Å². The van der Waals surface area contributed by atoms with Crippen LogP contribution in [0, 0.1) is 11.7 Å². The lowest BCUT2D eigenvalue weighted by atomic mass is 10.0. The van der Waals surface area contributed by atoms with Crippen LogP contribution < -0.4 is 9.47 Å². The lowest BCUT2D eigenvalue weighted by Crippen LogP contribution is -2.31. The summed E-state index contributed by atoms with van der Waals surface area (Å²) in [5.74, 6) is -0.355. The molecule has 0 amide bonds. The average molecular weight is 529 g/mol. The molecule has 8 heteroatoms. The van der Waals surface area contributed by atoms with E-state index in [4.69, 9.17) is 23.7 Å². The van der Waals surface area contributed by atoms with Gasteiger partial charge in [0, 0.05) is 11.1 Å². The zero-order valence-electron chi connectivity index (χ0n) is 22.3. The van der Waals surface area contributed by atoms with Gasteiger partial charge in [0.15, 0.2) is 11.6 Å². The number of carbonyl (C=O) groups is 2. The van der Waals surface area contributed by atoms with Crippen LogP contribution in [0.2, 0.25) is 0 Å². The van der Waals surface area contributed by atoms with E-state index in [1.807, 2.05) is 6.07 Å². The summed E-state index contributed by atoms with van der Waals surface area (Å²) in [4.78, 5) is 23.1. The zero-order chi connectivity index (χ0) is 27.3. The van der Waals surface area contributed by atoms with Crippen molar-refractivity contribution in [1.29, 1.82) is 0 Å². The molecule has 0 atom stereocenters. The molecule has 0 bridgehead atoms. The third-order valence-electron chi connectivity index (χ3n) is 6.14. The van der Waals surface area contributed by atoms with Gasteiger partial charge >= 0.3 is 12.1 Å². The molecule has 0 N–H and O–H groups in total. The average Bonchev–Trinajstić information content (AvgIpc) is 2.91. The molecule has 1 heterocycles. The lowest BCUT2D eigenvalue weighted by molar-refractivity contribution is -0.140. The van der Waals surface area contributed by atoms with Crippen molar-refractivity contribution < 1.29 is 37.7 Å². The molecule has 2 aromatic rings. The highest BCUT2D eigenvalue weighted by Crippen LogP contribution is 2.31. The maximum Gasteiger partial charge on any atom is 0.508 e. The minimum atomic E-state index is -0.691. The van der Waals surface area contributed by atoms with Crippen molar-refractivity contribution in [1.82, 2.24) is 0 Å². The fraction of sp³-hybridized carbons (Fsp3) is 0.467. The highest BCUT2D eigenvalue weighted by Gasteiger charge is 2.22. The van der Waals surface area contributed by atoms with Crippen molar-refractivity contribution in [2.24, 2.45) is 5.92 Å². The molecule has 3 rings (SSSR count). The quantitative estimate of drug-likeness (QED) is 0.140. The summed E-state index contributed by atoms with van der Waals surface area (Å²) in [7, 11) is 0. The van der Waals surface area contributed by atoms with Crippen molar-refractivity contribution in [2.75, 3.05) is 26.4 Å². The van der Waals surface area contributed by atoms with Crippen molar-refractivity contribution >= 4 is 12.1 Å². The number of esters is 1. The Hall–Kier alpha value is -3.55. The van der Waals surface area contributed by atoms with Crippen LogP contribution in [0.15, 0.2) is 48.6 Å². The molecule has 0 aromatic heterocycles. The smallest absolute Gasteiger partial charge is 0.493 e. The molecule has 0 spiro atoms. The predicted molar refractivity (Wildman–Crippen MR) is 142 cm³/mol. The van der Waals surface area contributed by atoms with Gasteiger partial charge in [-0.3, -0.25) is 0 Å². The number of hydrogen-bond donors (Lipinski definition) is 0. The van der Waals surface area contributed by atoms with E-state index in [0.717, 1.165) is 18.4 Å². The summed E-state index contributed by atoms with van der Waals surface area (Å²) >= 11 is 0. The van der Waals surface area contributed by atoms with Crippen LogP contribution in [0.5, 0.6) is 11.5 Å². The van der Waals surface area contributed by atoms with Crippen LogP contribution in [0.4, 0.5) is 9.18 Å². The number of carbonyl (C=O) groups excluding carboxylic acids is 2. The van der Waals surface area contributed by atoms with E-state index in [2.05, 4.69) is 13.5 Å². The van der Waals surface area contributed by atoms with Gasteiger partial charge in [-0.2, -0.15) is 0 Å². The Morgan fingerprint density at radius 1 is 0.974 bits per heavy atom. The minimum absolute atomic E-state index is 0.0487. The van der Waals surface area contributed by atoms with Crippen LogP contribution in [-0.4, -0.2) is 38.6 Å². The molecule has 0 radical (unpaired) electrons. The second-order valence-corrected chi connectivity index (χ2v) is 9.49. The first-order chi connectivity index (χ1) is 18.4. The first-order valence-corrected chi connectivity index (χ1v) is 13.2. The van der Waals surface area contributed by atoms with Crippen molar-refractivity contribution in [2.45, 2.75) is 59.0 Å². The molecule has 206 valence electrons. The lowest BCUT2D eigenvalue weighted by Gasteiger charge is -2.22. The van der Waals surface area contributed by atoms with E-state index in [0.29, 0.717) is 23.5 Å². The Labute approximate surface area is 223 Å². The zero-order valence-corrected chi connectivity index (χ0v) is 22.3. The molecule has 2 aromatic carbocycles. The van der Waals surface area contributed by atoms with Crippen LogP contribution in [0.1, 0.15) is 57.9 Å². The number of halogens is 1. The molecule has 1 fully saturated rings. The van der Waals surface area contributed by atoms with Gasteiger partial charge in [0.05, 0.1) is 19.1 Å². The highest BCUT2D eigenvalue weighted by atomic mass is 19.1. The number of rotatable bonds is 15. The Morgan fingerprint density at radius 2 is 1.63 bits per heavy atom. The molecular formula is C30H37FO7. The van der Waals surface area contributed by atoms with Crippen molar-refractivity contribution in [3.63, 3.8) is 0 Å². The molecule has 0 unspecified atom stereocenters. The Balaban J connectivity index is 1.66. The Kier molecular flexibility index (Phi) is 11.5. The monoisotopic (exact) mass is 528 g/mol. The third kappa shape index (κ3) is 9.08. The summed E-state index contributed by atoms with van der Waals surface area (Å²) in [5, 5.41) is 0. The number of ether oxygens (including phenoxy) is 5. The summed E-state index contributed by atoms with van der Waals surface area (Å²) in [5.41, 5.74) is 2.27. The van der Waals surface area contributed by atoms with Crippen LogP contribution in [-0.2, 0) is 25.6 Å². The summed E-state index contributed by atoms with van der Waals surface area (Å²) < 4.78 is 41.6. The summed E-state index contributed by atoms with van der Waals surface area (Å²) in [6, 6.07) is 10.2. The topological polar surface area (TPSA) is 80.3 Å². The van der Waals surface area contributed by atoms with Gasteiger partial charge in [-0.05, 0) is 48.7 Å². The molecule has 1 saturated heterocycles. The standard InChI is InChI=1S/C30H37FO7/c1-4-5-6-7-8-9-14-34-28-13-11-24(16-26(28)31)23-10-12-27(25(15-23)20-36-29(32)21(2)3)35-17-22-18-37-30(33)38-19-22/h10-13,15-16,22H,2,4-9,14,17-20H2,1,3H3. The normalized spacial score (nSPS) is 13.4. The van der Waals surface area contributed by atoms with Gasteiger partial charge in [0.25, 0.3) is 0 Å². The molecule has 7 nitrogen and oxygen atoms in total. The van der Waals surface area contributed by atoms with E-state index in [1.165, 1.54) is 31.7 Å². The van der Waals surface area contributed by atoms with Crippen molar-refractivity contribution in [3.05, 3.63) is 59.9 Å². The van der Waals surface area contributed by atoms with Crippen LogP contribution in [0.25, 0.3) is 11.1 Å². The van der Waals surface area contributed by atoms with Crippen LogP contribution in [0.3, 0.4) is 0 Å². The molecule has 0 aliphatic carbocycles. The second kappa shape index (κ2) is 15.0. The second-order valence-electron chi connectivity index (χ2n) is 9.49. The van der Waals surface area contributed by atoms with E-state index < -0.39 is 17.9 Å². The minimum Gasteiger partial charge on any atom is -0.493 e. The number of benzene rings is 2. The van der Waals surface area contributed by atoms with E-state index in [1.54, 1.807) is 31.2 Å². The number of unbranched alkanes of at least 4 members (excludes halogenated alkanes) is 5. The highest BCUT2D eigenvalue weighted by molar-refractivity contribution is 5.87. The predicted octanol–water partition coefficient (Wildman–Crippen LogP) is 7.01. The first kappa shape index (κ1) is 29.0. The molecule has 1 aliphatic rings. The fourth-order valence-electron chi connectivity index (χ4n) is 3.91. The maximum absolute atomic E-state index is 14.8. The Bertz CT molecular complexity index is 1090. The number of hydrogen-bond acceptors (Lipinski definition) is 7.